The Bertz CT molecular complexity index is 1080. The van der Waals surface area contributed by atoms with Crippen molar-refractivity contribution in [1.82, 2.24) is 10.9 Å². The Hall–Kier alpha value is -3.27. The van der Waals surface area contributed by atoms with E-state index >= 15 is 0 Å². The number of aliphatic hydroxyl groups excluding tert-OH is 1. The van der Waals surface area contributed by atoms with Crippen LogP contribution in [0.5, 0.6) is 0 Å². The molecule has 8 nitrogen and oxygen atoms in total. The lowest BCUT2D eigenvalue weighted by Gasteiger charge is -2.31. The first-order valence-electron chi connectivity index (χ1n) is 13.1. The van der Waals surface area contributed by atoms with Gasteiger partial charge in [-0.3, -0.25) is 5.43 Å². The van der Waals surface area contributed by atoms with E-state index in [0.717, 1.165) is 16.7 Å². The molecule has 0 saturated heterocycles. The minimum absolute atomic E-state index is 0.0407. The number of ether oxygens (including phenoxy) is 4. The Morgan fingerprint density at radius 3 is 1.77 bits per heavy atom. The number of carbonyl (C=O) groups excluding carboxylic acids is 1. The zero-order chi connectivity index (χ0) is 27.9. The van der Waals surface area contributed by atoms with Crippen LogP contribution in [0.4, 0.5) is 4.79 Å². The quantitative estimate of drug-likeness (QED) is 0.241. The molecule has 0 radical (unpaired) electrons. The van der Waals surface area contributed by atoms with E-state index in [1.54, 1.807) is 20.8 Å². The SMILES string of the molecule is CC(C)(C)OC(=O)NNC[C@H](OCc1ccccc1)[C@@H](OCc1ccccc1)[C@H](O)COCc1ccccc1. The lowest BCUT2D eigenvalue weighted by atomic mass is 10.1. The van der Waals surface area contributed by atoms with Crippen LogP contribution in [-0.4, -0.2) is 48.3 Å². The summed E-state index contributed by atoms with van der Waals surface area (Å²) in [5.41, 5.74) is 7.72. The van der Waals surface area contributed by atoms with Gasteiger partial charge in [-0.25, -0.2) is 10.2 Å². The minimum atomic E-state index is -0.999. The largest absolute Gasteiger partial charge is 0.443 e. The second-order valence-corrected chi connectivity index (χ2v) is 10.2. The molecule has 0 bridgehead atoms. The summed E-state index contributed by atoms with van der Waals surface area (Å²) in [6, 6.07) is 29.2. The fraction of sp³-hybridized carbons (Fsp3) is 0.387. The van der Waals surface area contributed by atoms with E-state index in [4.69, 9.17) is 18.9 Å². The second-order valence-electron chi connectivity index (χ2n) is 10.2. The minimum Gasteiger partial charge on any atom is -0.443 e. The zero-order valence-electron chi connectivity index (χ0n) is 22.9. The number of hydrogen-bond donors (Lipinski definition) is 3. The third-order valence-electron chi connectivity index (χ3n) is 5.63. The van der Waals surface area contributed by atoms with Crippen LogP contribution in [0.2, 0.25) is 0 Å². The van der Waals surface area contributed by atoms with Crippen molar-refractivity contribution >= 4 is 6.09 Å². The average molecular weight is 537 g/mol. The van der Waals surface area contributed by atoms with Crippen LogP contribution in [0.25, 0.3) is 0 Å². The summed E-state index contributed by atoms with van der Waals surface area (Å²) in [7, 11) is 0. The normalized spacial score (nSPS) is 13.8. The van der Waals surface area contributed by atoms with Crippen molar-refractivity contribution in [2.45, 2.75) is 64.5 Å². The van der Waals surface area contributed by atoms with Gasteiger partial charge in [-0.15, -0.1) is 0 Å². The number of hydrogen-bond acceptors (Lipinski definition) is 7. The molecule has 3 aromatic rings. The smallest absolute Gasteiger partial charge is 0.422 e. The molecule has 0 aliphatic heterocycles. The highest BCUT2D eigenvalue weighted by atomic mass is 16.6. The molecule has 0 aliphatic rings. The van der Waals surface area contributed by atoms with Crippen LogP contribution in [-0.2, 0) is 38.8 Å². The van der Waals surface area contributed by atoms with Gasteiger partial charge in [0.15, 0.2) is 0 Å². The Kier molecular flexibility index (Phi) is 12.4. The molecule has 3 aromatic carbocycles. The summed E-state index contributed by atoms with van der Waals surface area (Å²) in [6.07, 6.45) is -3.02. The number of carbonyl (C=O) groups is 1. The molecular formula is C31H40N2O6. The van der Waals surface area contributed by atoms with Crippen LogP contribution in [0.1, 0.15) is 37.5 Å². The molecule has 0 saturated carbocycles. The van der Waals surface area contributed by atoms with Gasteiger partial charge in [0.05, 0.1) is 26.4 Å². The van der Waals surface area contributed by atoms with E-state index in [1.807, 2.05) is 91.0 Å². The summed E-state index contributed by atoms with van der Waals surface area (Å²) in [4.78, 5) is 12.2. The Labute approximate surface area is 231 Å². The summed E-state index contributed by atoms with van der Waals surface area (Å²) >= 11 is 0. The zero-order valence-corrected chi connectivity index (χ0v) is 22.9. The number of hydrazine groups is 1. The maximum Gasteiger partial charge on any atom is 0.422 e. The molecule has 39 heavy (non-hydrogen) atoms. The lowest BCUT2D eigenvalue weighted by Crippen LogP contribution is -2.51. The van der Waals surface area contributed by atoms with Gasteiger partial charge in [-0.05, 0) is 37.5 Å². The van der Waals surface area contributed by atoms with Gasteiger partial charge in [-0.1, -0.05) is 91.0 Å². The first-order chi connectivity index (χ1) is 18.8. The average Bonchev–Trinajstić information content (AvgIpc) is 2.92. The van der Waals surface area contributed by atoms with E-state index in [1.165, 1.54) is 0 Å². The van der Waals surface area contributed by atoms with Crippen molar-refractivity contribution in [3.63, 3.8) is 0 Å². The Morgan fingerprint density at radius 1 is 0.769 bits per heavy atom. The van der Waals surface area contributed by atoms with Crippen molar-refractivity contribution in [2.75, 3.05) is 13.2 Å². The maximum atomic E-state index is 12.2. The summed E-state index contributed by atoms with van der Waals surface area (Å²) in [5.74, 6) is 0. The van der Waals surface area contributed by atoms with Crippen LogP contribution in [0, 0.1) is 0 Å². The highest BCUT2D eigenvalue weighted by Crippen LogP contribution is 2.16. The molecule has 0 heterocycles. The molecule has 3 rings (SSSR count). The monoisotopic (exact) mass is 536 g/mol. The number of nitrogens with one attached hydrogen (secondary N) is 2. The van der Waals surface area contributed by atoms with Crippen molar-refractivity contribution < 1.29 is 28.8 Å². The van der Waals surface area contributed by atoms with Gasteiger partial charge in [0.2, 0.25) is 0 Å². The molecule has 0 aromatic heterocycles. The molecule has 0 fully saturated rings. The summed E-state index contributed by atoms with van der Waals surface area (Å²) < 4.78 is 23.6. The number of amides is 1. The molecule has 8 heteroatoms. The van der Waals surface area contributed by atoms with Gasteiger partial charge >= 0.3 is 6.09 Å². The standard InChI is InChI=1S/C31H40N2O6/c1-31(2,3)39-30(35)33-32-19-28(37-21-25-15-9-5-10-16-25)29(38-22-26-17-11-6-12-18-26)27(34)23-36-20-24-13-7-4-8-14-24/h4-18,27-29,32,34H,19-23H2,1-3H3,(H,33,35)/t27-,28+,29+/m1/s1. The van der Waals surface area contributed by atoms with Crippen LogP contribution < -0.4 is 10.9 Å². The highest BCUT2D eigenvalue weighted by Gasteiger charge is 2.31. The van der Waals surface area contributed by atoms with Crippen molar-refractivity contribution in [3.05, 3.63) is 108 Å². The van der Waals surface area contributed by atoms with Crippen molar-refractivity contribution in [1.29, 1.82) is 0 Å². The molecule has 0 aliphatic carbocycles. The number of aliphatic hydroxyl groups is 1. The van der Waals surface area contributed by atoms with E-state index in [-0.39, 0.29) is 19.8 Å². The third kappa shape index (κ3) is 12.0. The van der Waals surface area contributed by atoms with E-state index in [9.17, 15) is 9.90 Å². The Morgan fingerprint density at radius 2 is 1.26 bits per heavy atom. The van der Waals surface area contributed by atoms with Gasteiger partial charge in [0.1, 0.15) is 23.9 Å². The van der Waals surface area contributed by atoms with Crippen LogP contribution >= 0.6 is 0 Å². The van der Waals surface area contributed by atoms with Gasteiger partial charge in [-0.2, -0.15) is 0 Å². The second kappa shape index (κ2) is 16.0. The first-order valence-corrected chi connectivity index (χ1v) is 13.1. The van der Waals surface area contributed by atoms with E-state index in [0.29, 0.717) is 13.2 Å². The van der Waals surface area contributed by atoms with E-state index < -0.39 is 30.0 Å². The summed E-state index contributed by atoms with van der Waals surface area (Å²) in [5, 5.41) is 11.2. The molecule has 1 amide bonds. The summed E-state index contributed by atoms with van der Waals surface area (Å²) in [6.45, 7) is 6.48. The molecule has 0 spiro atoms. The fourth-order valence-corrected chi connectivity index (χ4v) is 3.77. The number of benzene rings is 3. The molecule has 0 unspecified atom stereocenters. The Balaban J connectivity index is 1.70. The van der Waals surface area contributed by atoms with Gasteiger partial charge < -0.3 is 24.1 Å². The first kappa shape index (κ1) is 30.3. The third-order valence-corrected chi connectivity index (χ3v) is 5.63. The van der Waals surface area contributed by atoms with Crippen LogP contribution in [0.15, 0.2) is 91.0 Å². The van der Waals surface area contributed by atoms with Crippen molar-refractivity contribution in [3.8, 4) is 0 Å². The topological polar surface area (TPSA) is 98.3 Å². The fourth-order valence-electron chi connectivity index (χ4n) is 3.77. The van der Waals surface area contributed by atoms with Crippen LogP contribution in [0.3, 0.4) is 0 Å². The van der Waals surface area contributed by atoms with Crippen molar-refractivity contribution in [2.24, 2.45) is 0 Å². The number of rotatable bonds is 15. The molecule has 3 N–H and O–H groups in total. The lowest BCUT2D eigenvalue weighted by molar-refractivity contribution is -0.146. The van der Waals surface area contributed by atoms with Gasteiger partial charge in [0, 0.05) is 6.54 Å². The molecule has 3 atom stereocenters. The predicted molar refractivity (Wildman–Crippen MR) is 150 cm³/mol. The van der Waals surface area contributed by atoms with E-state index in [2.05, 4.69) is 10.9 Å². The maximum absolute atomic E-state index is 12.2. The molecule has 210 valence electrons. The highest BCUT2D eigenvalue weighted by molar-refractivity contribution is 5.66. The predicted octanol–water partition coefficient (Wildman–Crippen LogP) is 4.76. The van der Waals surface area contributed by atoms with Gasteiger partial charge in [0.25, 0.3) is 0 Å². The molecular weight excluding hydrogens is 496 g/mol.